The highest BCUT2D eigenvalue weighted by Crippen LogP contribution is 2.22. The molecule has 0 radical (unpaired) electrons. The van der Waals surface area contributed by atoms with Crippen LogP contribution in [-0.4, -0.2) is 31.9 Å². The van der Waals surface area contributed by atoms with Gasteiger partial charge in [0, 0.05) is 18.2 Å². The van der Waals surface area contributed by atoms with Crippen LogP contribution in [-0.2, 0) is 4.74 Å². The van der Waals surface area contributed by atoms with Gasteiger partial charge in [0.15, 0.2) is 0 Å². The molecule has 0 unspecified atom stereocenters. The van der Waals surface area contributed by atoms with Crippen LogP contribution >= 0.6 is 12.2 Å². The second kappa shape index (κ2) is 7.09. The normalized spacial score (nSPS) is 10.0. The molecule has 5 heteroatoms. The van der Waals surface area contributed by atoms with E-state index in [0.29, 0.717) is 36.3 Å². The third kappa shape index (κ3) is 4.58. The topological polar surface area (TPSA) is 53.7 Å². The monoisotopic (exact) mass is 255 g/mol. The molecule has 17 heavy (non-hydrogen) atoms. The van der Waals surface area contributed by atoms with Gasteiger partial charge in [0.1, 0.15) is 23.1 Å². The fraction of sp³-hybridized carbons (Fsp3) is 0.417. The molecule has 0 aliphatic rings. The summed E-state index contributed by atoms with van der Waals surface area (Å²) in [6.45, 7) is 3.66. The molecular weight excluding hydrogens is 238 g/mol. The van der Waals surface area contributed by atoms with Crippen molar-refractivity contribution >= 4 is 17.2 Å². The van der Waals surface area contributed by atoms with E-state index < -0.39 is 0 Å². The highest BCUT2D eigenvalue weighted by Gasteiger charge is 2.04. The summed E-state index contributed by atoms with van der Waals surface area (Å²) in [4.78, 5) is 0.318. The minimum atomic E-state index is 0.318. The molecule has 4 nitrogen and oxygen atoms in total. The maximum atomic E-state index is 5.58. The van der Waals surface area contributed by atoms with E-state index in [-0.39, 0.29) is 0 Å². The van der Waals surface area contributed by atoms with Crippen LogP contribution in [0.2, 0.25) is 0 Å². The van der Waals surface area contributed by atoms with Crippen molar-refractivity contribution in [1.29, 1.82) is 0 Å². The van der Waals surface area contributed by atoms with Crippen molar-refractivity contribution in [2.45, 2.75) is 6.92 Å². The Hall–Kier alpha value is -1.33. The molecule has 0 aromatic heterocycles. The predicted octanol–water partition coefficient (Wildman–Crippen LogP) is 1.74. The van der Waals surface area contributed by atoms with E-state index in [1.54, 1.807) is 25.3 Å². The van der Waals surface area contributed by atoms with Crippen LogP contribution < -0.4 is 15.2 Å². The van der Waals surface area contributed by atoms with E-state index in [2.05, 4.69) is 0 Å². The molecule has 0 amide bonds. The van der Waals surface area contributed by atoms with Gasteiger partial charge in [0.25, 0.3) is 0 Å². The lowest BCUT2D eigenvalue weighted by Crippen LogP contribution is -2.11. The molecule has 0 heterocycles. The minimum absolute atomic E-state index is 0.318. The molecule has 0 saturated heterocycles. The molecule has 0 aliphatic carbocycles. The Morgan fingerprint density at radius 1 is 1.24 bits per heavy atom. The van der Waals surface area contributed by atoms with Gasteiger partial charge in [-0.1, -0.05) is 12.2 Å². The molecule has 0 bridgehead atoms. The number of benzene rings is 1. The van der Waals surface area contributed by atoms with E-state index >= 15 is 0 Å². The Bertz CT molecular complexity index is 382. The van der Waals surface area contributed by atoms with Crippen LogP contribution in [0.3, 0.4) is 0 Å². The number of ether oxygens (including phenoxy) is 3. The van der Waals surface area contributed by atoms with Crippen molar-refractivity contribution in [3.05, 3.63) is 23.8 Å². The minimum Gasteiger partial charge on any atom is -0.497 e. The fourth-order valence-electron chi connectivity index (χ4n) is 1.28. The number of thiocarbonyl (C=S) groups is 1. The summed E-state index contributed by atoms with van der Waals surface area (Å²) in [5.74, 6) is 1.34. The number of hydrogen-bond acceptors (Lipinski definition) is 4. The van der Waals surface area contributed by atoms with Crippen LogP contribution in [0, 0.1) is 0 Å². The molecule has 1 aromatic rings. The average molecular weight is 255 g/mol. The van der Waals surface area contributed by atoms with E-state index in [4.69, 9.17) is 32.2 Å². The Morgan fingerprint density at radius 3 is 2.53 bits per heavy atom. The molecular formula is C12H17NO3S. The molecule has 2 N–H and O–H groups in total. The second-order valence-electron chi connectivity index (χ2n) is 3.31. The van der Waals surface area contributed by atoms with E-state index in [0.717, 1.165) is 5.56 Å². The first kappa shape index (κ1) is 13.7. The van der Waals surface area contributed by atoms with Crippen molar-refractivity contribution in [2.24, 2.45) is 5.73 Å². The first-order chi connectivity index (χ1) is 8.17. The Morgan fingerprint density at radius 2 is 1.94 bits per heavy atom. The first-order valence-corrected chi connectivity index (χ1v) is 5.77. The van der Waals surface area contributed by atoms with Gasteiger partial charge in [-0.25, -0.2) is 0 Å². The first-order valence-electron chi connectivity index (χ1n) is 5.36. The summed E-state index contributed by atoms with van der Waals surface area (Å²) < 4.78 is 15.9. The lowest BCUT2D eigenvalue weighted by molar-refractivity contribution is 0.110. The zero-order chi connectivity index (χ0) is 12.7. The van der Waals surface area contributed by atoms with E-state index in [1.165, 1.54) is 0 Å². The number of methoxy groups -OCH3 is 1. The highest BCUT2D eigenvalue weighted by atomic mass is 32.1. The van der Waals surface area contributed by atoms with Gasteiger partial charge in [0.2, 0.25) is 0 Å². The lowest BCUT2D eigenvalue weighted by Gasteiger charge is -2.10. The van der Waals surface area contributed by atoms with Gasteiger partial charge >= 0.3 is 0 Å². The molecule has 0 saturated carbocycles. The lowest BCUT2D eigenvalue weighted by atomic mass is 10.2. The van der Waals surface area contributed by atoms with Crippen molar-refractivity contribution in [1.82, 2.24) is 0 Å². The molecule has 94 valence electrons. The SMILES string of the molecule is CCOCCOc1cc(OC)cc(C(N)=S)c1. The molecule has 0 atom stereocenters. The summed E-state index contributed by atoms with van der Waals surface area (Å²) in [5.41, 5.74) is 6.31. The van der Waals surface area contributed by atoms with Gasteiger partial charge in [-0.05, 0) is 19.1 Å². The summed E-state index contributed by atoms with van der Waals surface area (Å²) in [6.07, 6.45) is 0. The molecule has 0 spiro atoms. The second-order valence-corrected chi connectivity index (χ2v) is 3.75. The maximum Gasteiger partial charge on any atom is 0.123 e. The quantitative estimate of drug-likeness (QED) is 0.594. The van der Waals surface area contributed by atoms with Crippen LogP contribution in [0.15, 0.2) is 18.2 Å². The molecule has 0 aliphatic heterocycles. The smallest absolute Gasteiger partial charge is 0.123 e. The van der Waals surface area contributed by atoms with Crippen molar-refractivity contribution in [3.8, 4) is 11.5 Å². The van der Waals surface area contributed by atoms with Crippen molar-refractivity contribution in [2.75, 3.05) is 26.9 Å². The summed E-state index contributed by atoms with van der Waals surface area (Å²) >= 11 is 4.93. The maximum absolute atomic E-state index is 5.58. The van der Waals surface area contributed by atoms with Gasteiger partial charge in [0.05, 0.1) is 13.7 Å². The molecule has 1 aromatic carbocycles. The van der Waals surface area contributed by atoms with Gasteiger partial charge in [-0.3, -0.25) is 0 Å². The van der Waals surface area contributed by atoms with Crippen LogP contribution in [0.4, 0.5) is 0 Å². The van der Waals surface area contributed by atoms with Crippen LogP contribution in [0.1, 0.15) is 12.5 Å². The van der Waals surface area contributed by atoms with Gasteiger partial charge < -0.3 is 19.9 Å². The molecule has 1 rings (SSSR count). The van der Waals surface area contributed by atoms with Crippen LogP contribution in [0.5, 0.6) is 11.5 Å². The predicted molar refractivity (Wildman–Crippen MR) is 70.9 cm³/mol. The number of hydrogen-bond donors (Lipinski definition) is 1. The summed E-state index contributed by atoms with van der Waals surface area (Å²) in [6, 6.07) is 5.35. The average Bonchev–Trinajstić information content (AvgIpc) is 2.34. The molecule has 0 fully saturated rings. The standard InChI is InChI=1S/C12H17NO3S/c1-3-15-4-5-16-11-7-9(12(13)17)6-10(8-11)14-2/h6-8H,3-5H2,1-2H3,(H2,13,17). The zero-order valence-corrected chi connectivity index (χ0v) is 10.9. The number of nitrogens with two attached hydrogens (primary N) is 1. The Labute approximate surface area is 107 Å². The van der Waals surface area contributed by atoms with E-state index in [9.17, 15) is 0 Å². The van der Waals surface area contributed by atoms with Gasteiger partial charge in [-0.2, -0.15) is 0 Å². The summed E-state index contributed by atoms with van der Waals surface area (Å²) in [5, 5.41) is 0. The highest BCUT2D eigenvalue weighted by molar-refractivity contribution is 7.80. The largest absolute Gasteiger partial charge is 0.497 e. The van der Waals surface area contributed by atoms with Crippen molar-refractivity contribution < 1.29 is 14.2 Å². The Balaban J connectivity index is 2.70. The Kier molecular flexibility index (Phi) is 5.72. The van der Waals surface area contributed by atoms with Crippen LogP contribution in [0.25, 0.3) is 0 Å². The third-order valence-corrected chi connectivity index (χ3v) is 2.34. The van der Waals surface area contributed by atoms with Gasteiger partial charge in [-0.15, -0.1) is 0 Å². The summed E-state index contributed by atoms with van der Waals surface area (Å²) in [7, 11) is 1.59. The fourth-order valence-corrected chi connectivity index (χ4v) is 1.40. The third-order valence-electron chi connectivity index (χ3n) is 2.10. The zero-order valence-electron chi connectivity index (χ0n) is 10.1. The van der Waals surface area contributed by atoms with E-state index in [1.807, 2.05) is 6.92 Å². The number of rotatable bonds is 7. The van der Waals surface area contributed by atoms with Crippen molar-refractivity contribution in [3.63, 3.8) is 0 Å².